The second-order valence-corrected chi connectivity index (χ2v) is 4.83. The first-order valence-electron chi connectivity index (χ1n) is 6.55. The molecule has 19 heavy (non-hydrogen) atoms. The summed E-state index contributed by atoms with van der Waals surface area (Å²) in [6.45, 7) is 0.175. The van der Waals surface area contributed by atoms with Gasteiger partial charge in [0.25, 0.3) is 5.91 Å². The number of benzene rings is 1. The number of amides is 1. The first kappa shape index (κ1) is 13.4. The van der Waals surface area contributed by atoms with Gasteiger partial charge in [0.15, 0.2) is 5.84 Å². The molecule has 0 unspecified atom stereocenters. The molecular weight excluding hydrogens is 242 g/mol. The Balaban J connectivity index is 2.19. The molecule has 5 nitrogen and oxygen atoms in total. The molecule has 0 radical (unpaired) electrons. The van der Waals surface area contributed by atoms with E-state index in [2.05, 4.69) is 5.16 Å². The molecule has 0 spiro atoms. The fraction of sp³-hybridized carbons (Fsp3) is 0.429. The molecule has 1 saturated carbocycles. The van der Waals surface area contributed by atoms with Crippen molar-refractivity contribution in [3.05, 3.63) is 35.9 Å². The molecule has 1 aliphatic carbocycles. The van der Waals surface area contributed by atoms with Gasteiger partial charge in [-0.1, -0.05) is 36.2 Å². The Labute approximate surface area is 112 Å². The fourth-order valence-electron chi connectivity index (χ4n) is 2.54. The number of hydrogen-bond donors (Lipinski definition) is 2. The zero-order valence-electron chi connectivity index (χ0n) is 10.8. The zero-order valence-corrected chi connectivity index (χ0v) is 10.8. The average molecular weight is 261 g/mol. The summed E-state index contributed by atoms with van der Waals surface area (Å²) in [5, 5.41) is 11.7. The first-order chi connectivity index (χ1) is 9.22. The van der Waals surface area contributed by atoms with Crippen LogP contribution in [-0.2, 0) is 0 Å². The van der Waals surface area contributed by atoms with Crippen LogP contribution < -0.4 is 5.73 Å². The van der Waals surface area contributed by atoms with Gasteiger partial charge < -0.3 is 15.8 Å². The lowest BCUT2D eigenvalue weighted by molar-refractivity contribution is 0.0712. The molecule has 1 aliphatic rings. The van der Waals surface area contributed by atoms with Crippen molar-refractivity contribution in [2.75, 3.05) is 6.54 Å². The summed E-state index contributed by atoms with van der Waals surface area (Å²) in [5.41, 5.74) is 6.20. The molecule has 0 aromatic heterocycles. The van der Waals surface area contributed by atoms with Crippen LogP contribution in [0.5, 0.6) is 0 Å². The fourth-order valence-corrected chi connectivity index (χ4v) is 2.54. The predicted molar refractivity (Wildman–Crippen MR) is 73.1 cm³/mol. The van der Waals surface area contributed by atoms with Crippen molar-refractivity contribution >= 4 is 11.7 Å². The summed E-state index contributed by atoms with van der Waals surface area (Å²) in [5.74, 6) is 0.00952. The Kier molecular flexibility index (Phi) is 4.39. The second kappa shape index (κ2) is 6.22. The molecule has 1 aromatic carbocycles. The van der Waals surface area contributed by atoms with Gasteiger partial charge in [0.05, 0.1) is 6.54 Å². The largest absolute Gasteiger partial charge is 0.409 e. The van der Waals surface area contributed by atoms with Crippen LogP contribution in [0, 0.1) is 0 Å². The van der Waals surface area contributed by atoms with Crippen LogP contribution in [0.25, 0.3) is 0 Å². The number of carbonyl (C=O) groups excluding carboxylic acids is 1. The SMILES string of the molecule is NC(CN(C(=O)c1ccccc1)C1CCCC1)=NO. The number of nitrogens with two attached hydrogens (primary N) is 1. The lowest BCUT2D eigenvalue weighted by Crippen LogP contribution is -2.44. The van der Waals surface area contributed by atoms with Crippen LogP contribution in [-0.4, -0.2) is 34.4 Å². The summed E-state index contributed by atoms with van der Waals surface area (Å²) < 4.78 is 0. The third-order valence-electron chi connectivity index (χ3n) is 3.51. The van der Waals surface area contributed by atoms with Gasteiger partial charge in [-0.05, 0) is 25.0 Å². The number of amidine groups is 1. The molecule has 1 fully saturated rings. The molecule has 5 heteroatoms. The number of nitrogens with zero attached hydrogens (tertiary/aromatic N) is 2. The Morgan fingerprint density at radius 2 is 1.95 bits per heavy atom. The van der Waals surface area contributed by atoms with Gasteiger partial charge in [-0.2, -0.15) is 0 Å². The van der Waals surface area contributed by atoms with Gasteiger partial charge in [0.1, 0.15) is 0 Å². The van der Waals surface area contributed by atoms with E-state index in [1.807, 2.05) is 18.2 Å². The van der Waals surface area contributed by atoms with Crippen molar-refractivity contribution in [1.82, 2.24) is 4.90 Å². The molecule has 0 heterocycles. The van der Waals surface area contributed by atoms with E-state index in [0.717, 1.165) is 25.7 Å². The second-order valence-electron chi connectivity index (χ2n) is 4.83. The highest BCUT2D eigenvalue weighted by molar-refractivity contribution is 5.97. The maximum absolute atomic E-state index is 12.5. The molecule has 102 valence electrons. The Hall–Kier alpha value is -2.04. The van der Waals surface area contributed by atoms with Gasteiger partial charge in [-0.3, -0.25) is 4.79 Å². The minimum Gasteiger partial charge on any atom is -0.409 e. The van der Waals surface area contributed by atoms with Crippen LogP contribution in [0.1, 0.15) is 36.0 Å². The summed E-state index contributed by atoms with van der Waals surface area (Å²) >= 11 is 0. The number of oxime groups is 1. The van der Waals surface area contributed by atoms with Gasteiger partial charge >= 0.3 is 0 Å². The molecule has 2 rings (SSSR count). The monoisotopic (exact) mass is 261 g/mol. The first-order valence-corrected chi connectivity index (χ1v) is 6.55. The van der Waals surface area contributed by atoms with Crippen LogP contribution in [0.4, 0.5) is 0 Å². The van der Waals surface area contributed by atoms with Crippen LogP contribution in [0.2, 0.25) is 0 Å². The minimum atomic E-state index is -0.0564. The molecule has 0 aliphatic heterocycles. The van der Waals surface area contributed by atoms with Crippen LogP contribution in [0.3, 0.4) is 0 Å². The van der Waals surface area contributed by atoms with Crippen LogP contribution in [0.15, 0.2) is 35.5 Å². The van der Waals surface area contributed by atoms with Crippen molar-refractivity contribution in [3.8, 4) is 0 Å². The van der Waals surface area contributed by atoms with Crippen molar-refractivity contribution in [2.45, 2.75) is 31.7 Å². The van der Waals surface area contributed by atoms with E-state index in [1.165, 1.54) is 0 Å². The molecule has 3 N–H and O–H groups in total. The highest BCUT2D eigenvalue weighted by Gasteiger charge is 2.28. The van der Waals surface area contributed by atoms with E-state index in [9.17, 15) is 4.79 Å². The van der Waals surface area contributed by atoms with Gasteiger partial charge in [0, 0.05) is 11.6 Å². The number of carbonyl (C=O) groups is 1. The Morgan fingerprint density at radius 3 is 2.53 bits per heavy atom. The molecule has 0 saturated heterocycles. The van der Waals surface area contributed by atoms with E-state index in [1.54, 1.807) is 17.0 Å². The summed E-state index contributed by atoms with van der Waals surface area (Å²) in [7, 11) is 0. The standard InChI is InChI=1S/C14H19N3O2/c15-13(16-19)10-17(12-8-4-5-9-12)14(18)11-6-2-1-3-7-11/h1-3,6-7,12,19H,4-5,8-10H2,(H2,15,16). The van der Waals surface area contributed by atoms with Crippen LogP contribution >= 0.6 is 0 Å². The highest BCUT2D eigenvalue weighted by atomic mass is 16.4. The molecule has 0 bridgehead atoms. The molecular formula is C14H19N3O2. The van der Waals surface area contributed by atoms with Gasteiger partial charge in [-0.15, -0.1) is 0 Å². The van der Waals surface area contributed by atoms with E-state index in [-0.39, 0.29) is 24.3 Å². The topological polar surface area (TPSA) is 78.9 Å². The normalized spacial score (nSPS) is 16.5. The quantitative estimate of drug-likeness (QED) is 0.375. The predicted octanol–water partition coefficient (Wildman–Crippen LogP) is 1.82. The average Bonchev–Trinajstić information content (AvgIpc) is 2.98. The Bertz CT molecular complexity index is 453. The molecule has 1 amide bonds. The van der Waals surface area contributed by atoms with E-state index >= 15 is 0 Å². The molecule has 0 atom stereocenters. The lowest BCUT2D eigenvalue weighted by Gasteiger charge is -2.28. The maximum Gasteiger partial charge on any atom is 0.254 e. The van der Waals surface area contributed by atoms with E-state index in [4.69, 9.17) is 10.9 Å². The third kappa shape index (κ3) is 3.24. The molecule has 1 aromatic rings. The minimum absolute atomic E-state index is 0.0564. The summed E-state index contributed by atoms with van der Waals surface area (Å²) in [6, 6.07) is 9.31. The zero-order chi connectivity index (χ0) is 13.7. The van der Waals surface area contributed by atoms with Gasteiger partial charge in [-0.25, -0.2) is 0 Å². The van der Waals surface area contributed by atoms with Gasteiger partial charge in [0.2, 0.25) is 0 Å². The summed E-state index contributed by atoms with van der Waals surface area (Å²) in [6.07, 6.45) is 4.22. The van der Waals surface area contributed by atoms with E-state index < -0.39 is 0 Å². The smallest absolute Gasteiger partial charge is 0.254 e. The van der Waals surface area contributed by atoms with Crippen molar-refractivity contribution in [3.63, 3.8) is 0 Å². The van der Waals surface area contributed by atoms with E-state index in [0.29, 0.717) is 5.56 Å². The highest BCUT2D eigenvalue weighted by Crippen LogP contribution is 2.24. The number of rotatable bonds is 4. The number of hydrogen-bond acceptors (Lipinski definition) is 3. The lowest BCUT2D eigenvalue weighted by atomic mass is 10.1. The van der Waals surface area contributed by atoms with Crippen molar-refractivity contribution < 1.29 is 10.0 Å². The Morgan fingerprint density at radius 1 is 1.32 bits per heavy atom. The third-order valence-corrected chi connectivity index (χ3v) is 3.51. The maximum atomic E-state index is 12.5. The summed E-state index contributed by atoms with van der Waals surface area (Å²) in [4.78, 5) is 14.2. The van der Waals surface area contributed by atoms with Crippen molar-refractivity contribution in [1.29, 1.82) is 0 Å². The van der Waals surface area contributed by atoms with Crippen molar-refractivity contribution in [2.24, 2.45) is 10.9 Å².